The Balaban J connectivity index is 1.30. The molecule has 1 aromatic heterocycles. The molecule has 168 valence electrons. The molecule has 1 unspecified atom stereocenters. The normalized spacial score (nSPS) is 15.3. The Labute approximate surface area is 187 Å². The minimum Gasteiger partial charge on any atom is -0.379 e. The van der Waals surface area contributed by atoms with Gasteiger partial charge in [-0.2, -0.15) is 0 Å². The fourth-order valence-electron chi connectivity index (χ4n) is 3.70. The highest BCUT2D eigenvalue weighted by atomic mass is 19.1. The van der Waals surface area contributed by atoms with Crippen LogP contribution in [0.5, 0.6) is 0 Å². The van der Waals surface area contributed by atoms with Crippen LogP contribution in [0.2, 0.25) is 0 Å². The van der Waals surface area contributed by atoms with Crippen LogP contribution in [0.1, 0.15) is 24.1 Å². The Kier molecular flexibility index (Phi) is 7.14. The van der Waals surface area contributed by atoms with Crippen LogP contribution in [0.4, 0.5) is 10.3 Å². The van der Waals surface area contributed by atoms with Gasteiger partial charge in [0.15, 0.2) is 5.96 Å². The van der Waals surface area contributed by atoms with E-state index in [2.05, 4.69) is 20.7 Å². The molecule has 32 heavy (non-hydrogen) atoms. The Bertz CT molecular complexity index is 1030. The van der Waals surface area contributed by atoms with Crippen LogP contribution in [0.3, 0.4) is 0 Å². The molecule has 1 fully saturated rings. The summed E-state index contributed by atoms with van der Waals surface area (Å²) in [6, 6.07) is 16.3. The highest BCUT2D eigenvalue weighted by Gasteiger charge is 2.16. The second-order valence-electron chi connectivity index (χ2n) is 7.82. The van der Waals surface area contributed by atoms with E-state index >= 15 is 0 Å². The summed E-state index contributed by atoms with van der Waals surface area (Å²) in [5.74, 6) is 0.343. The third-order valence-electron chi connectivity index (χ3n) is 5.65. The van der Waals surface area contributed by atoms with Gasteiger partial charge in [-0.3, -0.25) is 15.6 Å². The first-order chi connectivity index (χ1) is 15.6. The van der Waals surface area contributed by atoms with Gasteiger partial charge >= 0.3 is 0 Å². The molecular weight excluding hydrogens is 409 g/mol. The maximum absolute atomic E-state index is 14.0. The Morgan fingerprint density at radius 1 is 1.16 bits per heavy atom. The summed E-state index contributed by atoms with van der Waals surface area (Å²) in [7, 11) is 0. The smallest absolute Gasteiger partial charge is 0.231 e. The predicted octanol–water partition coefficient (Wildman–Crippen LogP) is 3.90. The van der Waals surface area contributed by atoms with E-state index in [-0.39, 0.29) is 17.7 Å². The average molecular weight is 438 g/mol. The predicted molar refractivity (Wildman–Crippen MR) is 122 cm³/mol. The van der Waals surface area contributed by atoms with E-state index in [1.165, 1.54) is 6.07 Å². The number of aromatic nitrogens is 1. The van der Waals surface area contributed by atoms with Crippen molar-refractivity contribution in [2.75, 3.05) is 44.7 Å². The van der Waals surface area contributed by atoms with Crippen molar-refractivity contribution >= 4 is 11.8 Å². The van der Waals surface area contributed by atoms with Crippen molar-refractivity contribution in [2.45, 2.75) is 12.8 Å². The van der Waals surface area contributed by atoms with Crippen LogP contribution in [-0.2, 0) is 4.74 Å². The second-order valence-corrected chi connectivity index (χ2v) is 7.82. The zero-order valence-corrected chi connectivity index (χ0v) is 18.1. The SMILES string of the molecule is CC(c1ccc(-c2ccccc2F)cc1)c1cc(NC(=N)NCCN2CCOCC2)on1. The average Bonchev–Trinajstić information content (AvgIpc) is 3.28. The van der Waals surface area contributed by atoms with Crippen LogP contribution in [0.15, 0.2) is 59.1 Å². The molecule has 1 aliphatic rings. The molecule has 8 heteroatoms. The first-order valence-corrected chi connectivity index (χ1v) is 10.8. The van der Waals surface area contributed by atoms with Gasteiger partial charge in [0.2, 0.25) is 5.88 Å². The molecule has 0 aliphatic carbocycles. The van der Waals surface area contributed by atoms with Gasteiger partial charge in [0.25, 0.3) is 0 Å². The highest BCUT2D eigenvalue weighted by molar-refractivity contribution is 5.89. The molecule has 1 atom stereocenters. The molecule has 7 nitrogen and oxygen atoms in total. The summed E-state index contributed by atoms with van der Waals surface area (Å²) in [6.45, 7) is 6.93. The van der Waals surface area contributed by atoms with E-state index in [0.717, 1.165) is 49.7 Å². The number of anilines is 1. The zero-order valence-electron chi connectivity index (χ0n) is 18.1. The summed E-state index contributed by atoms with van der Waals surface area (Å²) in [4.78, 5) is 2.30. The lowest BCUT2D eigenvalue weighted by Crippen LogP contribution is -2.42. The maximum atomic E-state index is 14.0. The number of hydrogen-bond donors (Lipinski definition) is 3. The van der Waals surface area contributed by atoms with Crippen LogP contribution in [0, 0.1) is 11.2 Å². The number of nitrogens with one attached hydrogen (secondary N) is 3. The van der Waals surface area contributed by atoms with Crippen molar-refractivity contribution in [3.63, 3.8) is 0 Å². The van der Waals surface area contributed by atoms with Crippen molar-refractivity contribution in [3.05, 3.63) is 71.7 Å². The van der Waals surface area contributed by atoms with Gasteiger partial charge in [-0.25, -0.2) is 4.39 Å². The van der Waals surface area contributed by atoms with Gasteiger partial charge in [-0.05, 0) is 17.2 Å². The Hall–Kier alpha value is -3.23. The molecule has 2 aromatic carbocycles. The highest BCUT2D eigenvalue weighted by Crippen LogP contribution is 2.28. The third kappa shape index (κ3) is 5.52. The fourth-order valence-corrected chi connectivity index (χ4v) is 3.70. The van der Waals surface area contributed by atoms with E-state index in [1.54, 1.807) is 18.2 Å². The van der Waals surface area contributed by atoms with Gasteiger partial charge in [0.05, 0.1) is 18.9 Å². The molecule has 0 bridgehead atoms. The van der Waals surface area contributed by atoms with E-state index < -0.39 is 0 Å². The second kappa shape index (κ2) is 10.4. The maximum Gasteiger partial charge on any atom is 0.231 e. The van der Waals surface area contributed by atoms with Gasteiger partial charge in [-0.1, -0.05) is 54.5 Å². The van der Waals surface area contributed by atoms with Crippen molar-refractivity contribution in [3.8, 4) is 11.1 Å². The number of morpholine rings is 1. The molecule has 1 aliphatic heterocycles. The van der Waals surface area contributed by atoms with Gasteiger partial charge in [0, 0.05) is 43.7 Å². The molecule has 3 N–H and O–H groups in total. The van der Waals surface area contributed by atoms with E-state index in [9.17, 15) is 4.39 Å². The van der Waals surface area contributed by atoms with Crippen LogP contribution in [-0.4, -0.2) is 55.4 Å². The largest absolute Gasteiger partial charge is 0.379 e. The number of nitrogens with zero attached hydrogens (tertiary/aromatic N) is 2. The first-order valence-electron chi connectivity index (χ1n) is 10.8. The fraction of sp³-hybridized carbons (Fsp3) is 0.333. The van der Waals surface area contributed by atoms with Crippen molar-refractivity contribution in [1.29, 1.82) is 5.41 Å². The summed E-state index contributed by atoms with van der Waals surface area (Å²) in [6.07, 6.45) is 0. The number of benzene rings is 2. The summed E-state index contributed by atoms with van der Waals surface area (Å²) < 4.78 is 24.7. The Morgan fingerprint density at radius 3 is 2.66 bits per heavy atom. The molecule has 1 saturated heterocycles. The van der Waals surface area contributed by atoms with Gasteiger partial charge in [0.1, 0.15) is 5.82 Å². The molecule has 0 saturated carbocycles. The number of rotatable bonds is 7. The molecule has 0 amide bonds. The van der Waals surface area contributed by atoms with Crippen LogP contribution in [0.25, 0.3) is 11.1 Å². The molecule has 3 aromatic rings. The molecule has 4 rings (SSSR count). The number of hydrogen-bond acceptors (Lipinski definition) is 5. The van der Waals surface area contributed by atoms with Crippen molar-refractivity contribution in [1.82, 2.24) is 15.4 Å². The minimum atomic E-state index is -0.235. The third-order valence-corrected chi connectivity index (χ3v) is 5.65. The molecule has 0 spiro atoms. The van der Waals surface area contributed by atoms with E-state index in [1.807, 2.05) is 37.3 Å². The van der Waals surface area contributed by atoms with E-state index in [0.29, 0.717) is 18.0 Å². The molecule has 2 heterocycles. The lowest BCUT2D eigenvalue weighted by Gasteiger charge is -2.26. The van der Waals surface area contributed by atoms with E-state index in [4.69, 9.17) is 14.7 Å². The zero-order chi connectivity index (χ0) is 22.3. The van der Waals surface area contributed by atoms with Crippen LogP contribution < -0.4 is 10.6 Å². The number of ether oxygens (including phenoxy) is 1. The molecular formula is C24H28FN5O2. The minimum absolute atomic E-state index is 0.00701. The first kappa shape index (κ1) is 22.0. The summed E-state index contributed by atoms with van der Waals surface area (Å²) >= 11 is 0. The quantitative estimate of drug-likeness (QED) is 0.384. The number of halogens is 1. The van der Waals surface area contributed by atoms with Crippen molar-refractivity contribution in [2.24, 2.45) is 0 Å². The van der Waals surface area contributed by atoms with Gasteiger partial charge in [-0.15, -0.1) is 0 Å². The topological polar surface area (TPSA) is 86.4 Å². The summed E-state index contributed by atoms with van der Waals surface area (Å²) in [5, 5.41) is 18.2. The monoisotopic (exact) mass is 437 g/mol. The molecule has 0 radical (unpaired) electrons. The summed E-state index contributed by atoms with van der Waals surface area (Å²) in [5.41, 5.74) is 3.22. The lowest BCUT2D eigenvalue weighted by atomic mass is 9.95. The van der Waals surface area contributed by atoms with Crippen LogP contribution >= 0.6 is 0 Å². The van der Waals surface area contributed by atoms with Gasteiger partial charge < -0.3 is 14.6 Å². The van der Waals surface area contributed by atoms with Crippen molar-refractivity contribution < 1.29 is 13.7 Å². The standard InChI is InChI=1S/C24H28FN5O2/c1-17(18-6-8-19(9-7-18)20-4-2-3-5-21(20)25)22-16-23(32-29-22)28-24(26)27-10-11-30-12-14-31-15-13-30/h2-9,16-17H,10-15H2,1H3,(H3,26,27,28). The Morgan fingerprint density at radius 2 is 1.91 bits per heavy atom. The lowest BCUT2D eigenvalue weighted by molar-refractivity contribution is 0.0389. The number of guanidine groups is 1.